The van der Waals surface area contributed by atoms with Crippen LogP contribution >= 0.6 is 0 Å². The van der Waals surface area contributed by atoms with E-state index in [1.807, 2.05) is 30.0 Å². The molecule has 7 nitrogen and oxygen atoms in total. The average Bonchev–Trinajstić information content (AvgIpc) is 3.54. The summed E-state index contributed by atoms with van der Waals surface area (Å²) in [5.74, 6) is 1.18. The quantitative estimate of drug-likeness (QED) is 0.466. The Balaban J connectivity index is 1.24. The van der Waals surface area contributed by atoms with Crippen LogP contribution in [0.5, 0.6) is 0 Å². The Bertz CT molecular complexity index is 1310. The molecule has 1 aliphatic rings. The Labute approximate surface area is 191 Å². The van der Waals surface area contributed by atoms with Crippen molar-refractivity contribution in [1.82, 2.24) is 10.3 Å². The average molecular weight is 441 g/mol. The second-order valence-corrected chi connectivity index (χ2v) is 8.32. The number of anilines is 1. The van der Waals surface area contributed by atoms with E-state index in [0.29, 0.717) is 37.6 Å². The number of benzene rings is 2. The summed E-state index contributed by atoms with van der Waals surface area (Å²) >= 11 is 0. The predicted molar refractivity (Wildman–Crippen MR) is 124 cm³/mol. The molecule has 2 aromatic carbocycles. The standard InChI is InChI=1S/C26H24N4O3/c1-17(20-9-4-7-18-6-2-3-8-21(18)20)28-24(31)19-11-13-30(14-12-19)26-22(16-27)29-25(33-26)23-10-5-15-32-23/h2-10,15,17,19H,11-14H2,1H3,(H,28,31). The number of nitriles is 1. The van der Waals surface area contributed by atoms with Crippen molar-refractivity contribution in [2.24, 2.45) is 5.92 Å². The molecule has 4 aromatic rings. The van der Waals surface area contributed by atoms with Gasteiger partial charge in [0.25, 0.3) is 5.89 Å². The van der Waals surface area contributed by atoms with Crippen LogP contribution in [0.1, 0.15) is 37.1 Å². The van der Waals surface area contributed by atoms with Gasteiger partial charge in [-0.15, -0.1) is 0 Å². The number of aromatic nitrogens is 1. The molecular weight excluding hydrogens is 416 g/mol. The minimum absolute atomic E-state index is 0.0597. The number of carbonyl (C=O) groups is 1. The number of carbonyl (C=O) groups excluding carboxylic acids is 1. The largest absolute Gasteiger partial charge is 0.459 e. The molecule has 0 spiro atoms. The first kappa shape index (κ1) is 20.8. The van der Waals surface area contributed by atoms with Gasteiger partial charge in [-0.3, -0.25) is 4.79 Å². The SMILES string of the molecule is CC(NC(=O)C1CCN(c2oc(-c3ccco3)nc2C#N)CC1)c1cccc2ccccc12. The smallest absolute Gasteiger partial charge is 0.266 e. The fraction of sp³-hybridized carbons (Fsp3) is 0.269. The molecule has 0 bridgehead atoms. The number of hydrogen-bond acceptors (Lipinski definition) is 6. The zero-order chi connectivity index (χ0) is 22.8. The molecular formula is C26H24N4O3. The zero-order valence-corrected chi connectivity index (χ0v) is 18.3. The van der Waals surface area contributed by atoms with Gasteiger partial charge >= 0.3 is 0 Å². The van der Waals surface area contributed by atoms with Crippen molar-refractivity contribution in [2.75, 3.05) is 18.0 Å². The predicted octanol–water partition coefficient (Wildman–Crippen LogP) is 5.05. The Kier molecular flexibility index (Phi) is 5.57. The highest BCUT2D eigenvalue weighted by Crippen LogP contribution is 2.32. The van der Waals surface area contributed by atoms with Crippen LogP contribution in [0.25, 0.3) is 22.4 Å². The van der Waals surface area contributed by atoms with Crippen molar-refractivity contribution in [3.8, 4) is 17.7 Å². The van der Waals surface area contributed by atoms with E-state index in [9.17, 15) is 10.1 Å². The highest BCUT2D eigenvalue weighted by Gasteiger charge is 2.30. The van der Waals surface area contributed by atoms with E-state index in [2.05, 4.69) is 40.6 Å². The normalized spacial score (nSPS) is 15.3. The minimum Gasteiger partial charge on any atom is -0.459 e. The van der Waals surface area contributed by atoms with Crippen LogP contribution in [0.2, 0.25) is 0 Å². The van der Waals surface area contributed by atoms with Crippen molar-refractivity contribution in [2.45, 2.75) is 25.8 Å². The van der Waals surface area contributed by atoms with Crippen molar-refractivity contribution < 1.29 is 13.6 Å². The highest BCUT2D eigenvalue weighted by molar-refractivity contribution is 5.87. The van der Waals surface area contributed by atoms with Gasteiger partial charge in [-0.1, -0.05) is 42.5 Å². The molecule has 166 valence electrons. The molecule has 1 N–H and O–H groups in total. The molecule has 1 fully saturated rings. The van der Waals surface area contributed by atoms with Gasteiger partial charge in [-0.05, 0) is 48.2 Å². The second-order valence-electron chi connectivity index (χ2n) is 8.32. The number of hydrogen-bond donors (Lipinski definition) is 1. The van der Waals surface area contributed by atoms with E-state index < -0.39 is 0 Å². The van der Waals surface area contributed by atoms with Gasteiger partial charge in [0.1, 0.15) is 6.07 Å². The van der Waals surface area contributed by atoms with E-state index in [1.54, 1.807) is 12.1 Å². The summed E-state index contributed by atoms with van der Waals surface area (Å²) in [4.78, 5) is 19.3. The molecule has 1 saturated heterocycles. The lowest BCUT2D eigenvalue weighted by Gasteiger charge is -2.31. The lowest BCUT2D eigenvalue weighted by Crippen LogP contribution is -2.41. The van der Waals surface area contributed by atoms with Crippen LogP contribution in [-0.4, -0.2) is 24.0 Å². The fourth-order valence-corrected chi connectivity index (χ4v) is 4.49. The number of amides is 1. The van der Waals surface area contributed by atoms with Gasteiger partial charge in [0.05, 0.1) is 12.3 Å². The lowest BCUT2D eigenvalue weighted by atomic mass is 9.94. The van der Waals surface area contributed by atoms with Crippen LogP contribution in [-0.2, 0) is 4.79 Å². The molecule has 7 heteroatoms. The minimum atomic E-state index is -0.0864. The lowest BCUT2D eigenvalue weighted by molar-refractivity contribution is -0.126. The number of oxazole rings is 1. The van der Waals surface area contributed by atoms with Gasteiger partial charge in [0.2, 0.25) is 17.5 Å². The van der Waals surface area contributed by atoms with E-state index >= 15 is 0 Å². The molecule has 2 aromatic heterocycles. The van der Waals surface area contributed by atoms with Crippen LogP contribution in [0.3, 0.4) is 0 Å². The maximum absolute atomic E-state index is 13.0. The number of nitrogens with zero attached hydrogens (tertiary/aromatic N) is 3. The van der Waals surface area contributed by atoms with E-state index in [0.717, 1.165) is 10.9 Å². The highest BCUT2D eigenvalue weighted by atomic mass is 16.4. The Morgan fingerprint density at radius 2 is 1.94 bits per heavy atom. The van der Waals surface area contributed by atoms with Crippen molar-refractivity contribution >= 4 is 22.6 Å². The maximum Gasteiger partial charge on any atom is 0.266 e. The monoisotopic (exact) mass is 440 g/mol. The van der Waals surface area contributed by atoms with Gasteiger partial charge in [0.15, 0.2) is 5.76 Å². The number of rotatable bonds is 5. The van der Waals surface area contributed by atoms with Crippen LogP contribution < -0.4 is 10.2 Å². The molecule has 1 atom stereocenters. The van der Waals surface area contributed by atoms with E-state index in [4.69, 9.17) is 8.83 Å². The Morgan fingerprint density at radius 1 is 1.15 bits per heavy atom. The number of fused-ring (bicyclic) bond motifs is 1. The van der Waals surface area contributed by atoms with E-state index in [1.165, 1.54) is 11.6 Å². The summed E-state index contributed by atoms with van der Waals surface area (Å²) in [5, 5.41) is 15.0. The molecule has 5 rings (SSSR count). The number of piperidine rings is 1. The first-order valence-corrected chi connectivity index (χ1v) is 11.1. The molecule has 0 saturated carbocycles. The van der Waals surface area contributed by atoms with Gasteiger partial charge in [-0.25, -0.2) is 0 Å². The summed E-state index contributed by atoms with van der Waals surface area (Å²) in [7, 11) is 0. The van der Waals surface area contributed by atoms with Gasteiger partial charge in [-0.2, -0.15) is 10.2 Å². The summed E-state index contributed by atoms with van der Waals surface area (Å²) < 4.78 is 11.2. The zero-order valence-electron chi connectivity index (χ0n) is 18.3. The fourth-order valence-electron chi connectivity index (χ4n) is 4.49. The second kappa shape index (κ2) is 8.83. The Morgan fingerprint density at radius 3 is 2.70 bits per heavy atom. The van der Waals surface area contributed by atoms with Crippen molar-refractivity contribution in [3.63, 3.8) is 0 Å². The summed E-state index contributed by atoms with van der Waals surface area (Å²) in [6, 6.07) is 19.9. The molecule has 33 heavy (non-hydrogen) atoms. The summed E-state index contributed by atoms with van der Waals surface area (Å²) in [5.41, 5.74) is 1.35. The van der Waals surface area contributed by atoms with Gasteiger partial charge in [0, 0.05) is 19.0 Å². The first-order chi connectivity index (χ1) is 16.1. The molecule has 1 amide bonds. The summed E-state index contributed by atoms with van der Waals surface area (Å²) in [6.45, 7) is 3.25. The molecule has 1 unspecified atom stereocenters. The van der Waals surface area contributed by atoms with Crippen molar-refractivity contribution in [1.29, 1.82) is 5.26 Å². The van der Waals surface area contributed by atoms with Crippen LogP contribution in [0, 0.1) is 17.2 Å². The number of furan rings is 1. The van der Waals surface area contributed by atoms with Crippen LogP contribution in [0.4, 0.5) is 5.88 Å². The molecule has 0 radical (unpaired) electrons. The maximum atomic E-state index is 13.0. The Hall–Kier alpha value is -4.05. The van der Waals surface area contributed by atoms with Crippen molar-refractivity contribution in [3.05, 3.63) is 72.1 Å². The molecule has 3 heterocycles. The number of nitrogens with one attached hydrogen (secondary N) is 1. The topological polar surface area (TPSA) is 95.3 Å². The van der Waals surface area contributed by atoms with Gasteiger partial charge < -0.3 is 19.1 Å². The molecule has 1 aliphatic heterocycles. The third kappa shape index (κ3) is 4.08. The third-order valence-corrected chi connectivity index (χ3v) is 6.25. The molecule has 0 aliphatic carbocycles. The third-order valence-electron chi connectivity index (χ3n) is 6.25. The van der Waals surface area contributed by atoms with E-state index in [-0.39, 0.29) is 29.5 Å². The summed E-state index contributed by atoms with van der Waals surface area (Å²) in [6.07, 6.45) is 2.89. The first-order valence-electron chi connectivity index (χ1n) is 11.1. The van der Waals surface area contributed by atoms with Crippen LogP contribution in [0.15, 0.2) is 69.7 Å².